The molecule has 19 heavy (non-hydrogen) atoms. The van der Waals surface area contributed by atoms with Crippen molar-refractivity contribution in [3.63, 3.8) is 0 Å². The van der Waals surface area contributed by atoms with Crippen LogP contribution >= 0.6 is 0 Å². The monoisotopic (exact) mass is 251 g/mol. The van der Waals surface area contributed by atoms with Gasteiger partial charge in [0, 0.05) is 36.4 Å². The van der Waals surface area contributed by atoms with Crippen molar-refractivity contribution in [3.8, 4) is 0 Å². The van der Waals surface area contributed by atoms with Crippen LogP contribution in [0, 0.1) is 6.92 Å². The van der Waals surface area contributed by atoms with E-state index in [1.165, 1.54) is 22.0 Å². The molecule has 2 aromatic heterocycles. The molecule has 2 N–H and O–H groups in total. The van der Waals surface area contributed by atoms with Gasteiger partial charge in [-0.2, -0.15) is 0 Å². The number of rotatable bonds is 4. The molecule has 0 amide bonds. The molecule has 1 aromatic carbocycles. The molecule has 0 saturated carbocycles. The second-order valence-corrected chi connectivity index (χ2v) is 4.73. The van der Waals surface area contributed by atoms with Crippen LogP contribution in [0.1, 0.15) is 16.8 Å². The number of H-pyrrole nitrogens is 1. The number of hydrogen-bond donors (Lipinski definition) is 2. The zero-order chi connectivity index (χ0) is 13.1. The SMILES string of the molecule is Cc1cccnc1CNCc1c[nH]c2ccccc12. The predicted molar refractivity (Wildman–Crippen MR) is 77.8 cm³/mol. The molecule has 0 aliphatic carbocycles. The fraction of sp³-hybridized carbons (Fsp3) is 0.188. The lowest BCUT2D eigenvalue weighted by Gasteiger charge is -2.06. The Labute approximate surface area is 112 Å². The standard InChI is InChI=1S/C16H17N3/c1-12-5-4-8-18-16(12)11-17-9-13-10-19-15-7-3-2-6-14(13)15/h2-8,10,17,19H,9,11H2,1H3. The van der Waals surface area contributed by atoms with Crippen LogP contribution in [0.15, 0.2) is 48.8 Å². The highest BCUT2D eigenvalue weighted by Crippen LogP contribution is 2.17. The van der Waals surface area contributed by atoms with E-state index in [0.29, 0.717) is 0 Å². The molecule has 3 nitrogen and oxygen atoms in total. The van der Waals surface area contributed by atoms with Gasteiger partial charge in [0.2, 0.25) is 0 Å². The summed E-state index contributed by atoms with van der Waals surface area (Å²) < 4.78 is 0. The highest BCUT2D eigenvalue weighted by molar-refractivity contribution is 5.82. The first-order chi connectivity index (χ1) is 9.34. The van der Waals surface area contributed by atoms with Crippen LogP contribution in [-0.2, 0) is 13.1 Å². The fourth-order valence-corrected chi connectivity index (χ4v) is 2.30. The van der Waals surface area contributed by atoms with E-state index in [1.54, 1.807) is 0 Å². The van der Waals surface area contributed by atoms with E-state index in [-0.39, 0.29) is 0 Å². The Kier molecular flexibility index (Phi) is 3.29. The fourth-order valence-electron chi connectivity index (χ4n) is 2.30. The van der Waals surface area contributed by atoms with E-state index in [4.69, 9.17) is 0 Å². The predicted octanol–water partition coefficient (Wildman–Crippen LogP) is 3.16. The Hall–Kier alpha value is -2.13. The number of aromatic amines is 1. The molecule has 0 atom stereocenters. The summed E-state index contributed by atoms with van der Waals surface area (Å²) in [7, 11) is 0. The average molecular weight is 251 g/mol. The molecular weight excluding hydrogens is 234 g/mol. The summed E-state index contributed by atoms with van der Waals surface area (Å²) >= 11 is 0. The average Bonchev–Trinajstić information content (AvgIpc) is 2.85. The topological polar surface area (TPSA) is 40.7 Å². The minimum atomic E-state index is 0.798. The van der Waals surface area contributed by atoms with Crippen molar-refractivity contribution in [3.05, 3.63) is 65.6 Å². The third-order valence-electron chi connectivity index (χ3n) is 3.40. The molecule has 0 aliphatic rings. The molecule has 0 saturated heterocycles. The maximum absolute atomic E-state index is 4.39. The van der Waals surface area contributed by atoms with Gasteiger partial charge >= 0.3 is 0 Å². The largest absolute Gasteiger partial charge is 0.361 e. The van der Waals surface area contributed by atoms with E-state index in [0.717, 1.165) is 18.8 Å². The molecule has 2 heterocycles. The van der Waals surface area contributed by atoms with Crippen molar-refractivity contribution in [2.75, 3.05) is 0 Å². The van der Waals surface area contributed by atoms with Crippen molar-refractivity contribution in [1.29, 1.82) is 0 Å². The van der Waals surface area contributed by atoms with E-state index in [2.05, 4.69) is 52.7 Å². The maximum atomic E-state index is 4.39. The van der Waals surface area contributed by atoms with Crippen molar-refractivity contribution in [2.24, 2.45) is 0 Å². The number of hydrogen-bond acceptors (Lipinski definition) is 2. The summed E-state index contributed by atoms with van der Waals surface area (Å²) in [5.41, 5.74) is 4.83. The van der Waals surface area contributed by atoms with Crippen molar-refractivity contribution in [2.45, 2.75) is 20.0 Å². The first-order valence-electron chi connectivity index (χ1n) is 6.51. The first kappa shape index (κ1) is 11.9. The maximum Gasteiger partial charge on any atom is 0.0570 e. The van der Waals surface area contributed by atoms with E-state index >= 15 is 0 Å². The summed E-state index contributed by atoms with van der Waals surface area (Å²) in [6.45, 7) is 3.74. The Morgan fingerprint density at radius 1 is 1.11 bits per heavy atom. The number of benzene rings is 1. The quantitative estimate of drug-likeness (QED) is 0.747. The first-order valence-corrected chi connectivity index (χ1v) is 6.51. The lowest BCUT2D eigenvalue weighted by molar-refractivity contribution is 0.679. The van der Waals surface area contributed by atoms with Gasteiger partial charge in [0.25, 0.3) is 0 Å². The van der Waals surface area contributed by atoms with Gasteiger partial charge in [-0.25, -0.2) is 0 Å². The van der Waals surface area contributed by atoms with Crippen molar-refractivity contribution < 1.29 is 0 Å². The number of nitrogens with zero attached hydrogens (tertiary/aromatic N) is 1. The van der Waals surface area contributed by atoms with Gasteiger partial charge in [-0.1, -0.05) is 24.3 Å². The third kappa shape index (κ3) is 2.51. The van der Waals surface area contributed by atoms with Gasteiger partial charge in [0.05, 0.1) is 5.69 Å². The van der Waals surface area contributed by atoms with Gasteiger partial charge < -0.3 is 10.3 Å². The minimum Gasteiger partial charge on any atom is -0.361 e. The summed E-state index contributed by atoms with van der Waals surface area (Å²) in [5, 5.41) is 4.74. The number of para-hydroxylation sites is 1. The molecule has 0 unspecified atom stereocenters. The lowest BCUT2D eigenvalue weighted by atomic mass is 10.1. The molecule has 3 aromatic rings. The van der Waals surface area contributed by atoms with Crippen LogP contribution in [0.4, 0.5) is 0 Å². The van der Waals surface area contributed by atoms with E-state index < -0.39 is 0 Å². The Bertz CT molecular complexity index is 685. The van der Waals surface area contributed by atoms with Crippen LogP contribution in [-0.4, -0.2) is 9.97 Å². The summed E-state index contributed by atoms with van der Waals surface area (Å²) in [6.07, 6.45) is 3.92. The Morgan fingerprint density at radius 2 is 2.00 bits per heavy atom. The normalized spacial score (nSPS) is 11.0. The Morgan fingerprint density at radius 3 is 2.89 bits per heavy atom. The summed E-state index contributed by atoms with van der Waals surface area (Å²) in [4.78, 5) is 7.68. The highest BCUT2D eigenvalue weighted by atomic mass is 14.9. The summed E-state index contributed by atoms with van der Waals surface area (Å²) in [6, 6.07) is 12.4. The molecule has 0 radical (unpaired) electrons. The van der Waals surface area contributed by atoms with Crippen LogP contribution < -0.4 is 5.32 Å². The molecular formula is C16H17N3. The van der Waals surface area contributed by atoms with Gasteiger partial charge in [-0.15, -0.1) is 0 Å². The summed E-state index contributed by atoms with van der Waals surface area (Å²) in [5.74, 6) is 0. The Balaban J connectivity index is 1.68. The highest BCUT2D eigenvalue weighted by Gasteiger charge is 2.03. The number of pyridine rings is 1. The molecule has 0 aliphatic heterocycles. The van der Waals surface area contributed by atoms with Crippen LogP contribution in [0.5, 0.6) is 0 Å². The van der Waals surface area contributed by atoms with E-state index in [9.17, 15) is 0 Å². The van der Waals surface area contributed by atoms with Crippen molar-refractivity contribution in [1.82, 2.24) is 15.3 Å². The lowest BCUT2D eigenvalue weighted by Crippen LogP contribution is -2.14. The second kappa shape index (κ2) is 5.24. The molecule has 3 rings (SSSR count). The zero-order valence-electron chi connectivity index (χ0n) is 11.0. The second-order valence-electron chi connectivity index (χ2n) is 4.73. The molecule has 3 heteroatoms. The van der Waals surface area contributed by atoms with Gasteiger partial charge in [-0.3, -0.25) is 4.98 Å². The van der Waals surface area contributed by atoms with Gasteiger partial charge in [0.1, 0.15) is 0 Å². The molecule has 0 spiro atoms. The van der Waals surface area contributed by atoms with Crippen LogP contribution in [0.3, 0.4) is 0 Å². The van der Waals surface area contributed by atoms with Gasteiger partial charge in [-0.05, 0) is 30.2 Å². The molecule has 96 valence electrons. The number of fused-ring (bicyclic) bond motifs is 1. The third-order valence-corrected chi connectivity index (χ3v) is 3.40. The van der Waals surface area contributed by atoms with Crippen LogP contribution in [0.25, 0.3) is 10.9 Å². The smallest absolute Gasteiger partial charge is 0.0570 e. The number of aromatic nitrogens is 2. The zero-order valence-corrected chi connectivity index (χ0v) is 11.0. The van der Waals surface area contributed by atoms with Gasteiger partial charge in [0.15, 0.2) is 0 Å². The molecule has 0 fully saturated rings. The number of nitrogens with one attached hydrogen (secondary N) is 2. The minimum absolute atomic E-state index is 0.798. The van der Waals surface area contributed by atoms with E-state index in [1.807, 2.05) is 18.3 Å². The number of aryl methyl sites for hydroxylation is 1. The molecule has 0 bridgehead atoms. The van der Waals surface area contributed by atoms with Crippen LogP contribution in [0.2, 0.25) is 0 Å². The van der Waals surface area contributed by atoms with Crippen molar-refractivity contribution >= 4 is 10.9 Å².